The average Bonchev–Trinajstić information content (AvgIpc) is 2.79. The highest BCUT2D eigenvalue weighted by Gasteiger charge is 2.39. The van der Waals surface area contributed by atoms with Gasteiger partial charge in [-0.1, -0.05) is 91.0 Å². The van der Waals surface area contributed by atoms with Crippen molar-refractivity contribution >= 4 is 5.69 Å². The highest BCUT2D eigenvalue weighted by Crippen LogP contribution is 2.41. The first kappa shape index (κ1) is 18.4. The van der Waals surface area contributed by atoms with E-state index in [1.54, 1.807) is 6.07 Å². The first-order valence-electron chi connectivity index (χ1n) is 9.22. The molecule has 0 aliphatic heterocycles. The van der Waals surface area contributed by atoms with Crippen LogP contribution in [0.1, 0.15) is 16.7 Å². The predicted molar refractivity (Wildman–Crippen MR) is 112 cm³/mol. The van der Waals surface area contributed by atoms with Crippen molar-refractivity contribution in [1.82, 2.24) is 0 Å². The van der Waals surface area contributed by atoms with Crippen LogP contribution in [0, 0.1) is 16.2 Å². The van der Waals surface area contributed by atoms with Crippen molar-refractivity contribution in [2.24, 2.45) is 0 Å². The molecule has 0 aliphatic carbocycles. The van der Waals surface area contributed by atoms with E-state index in [0.717, 1.165) is 16.7 Å². The van der Waals surface area contributed by atoms with Gasteiger partial charge in [-0.3, -0.25) is 10.1 Å². The Hall–Kier alpha value is -3.92. The van der Waals surface area contributed by atoms with E-state index >= 15 is 0 Å². The molecule has 141 valence electrons. The maximum absolute atomic E-state index is 11.2. The molecule has 0 amide bonds. The molecule has 29 heavy (non-hydrogen) atoms. The fraction of sp³-hybridized carbons (Fsp3) is 0.0400. The van der Waals surface area contributed by atoms with E-state index in [0.29, 0.717) is 5.75 Å². The zero-order valence-corrected chi connectivity index (χ0v) is 15.6. The molecule has 4 aromatic rings. The van der Waals surface area contributed by atoms with Crippen molar-refractivity contribution in [2.75, 3.05) is 0 Å². The molecule has 4 heteroatoms. The molecule has 0 aromatic heterocycles. The zero-order chi connectivity index (χ0) is 20.1. The minimum Gasteiger partial charge on any atom is -0.473 e. The van der Waals surface area contributed by atoms with Crippen LogP contribution in [0.5, 0.6) is 5.75 Å². The van der Waals surface area contributed by atoms with Crippen molar-refractivity contribution in [3.05, 3.63) is 142 Å². The highest BCUT2D eigenvalue weighted by molar-refractivity contribution is 5.50. The zero-order valence-electron chi connectivity index (χ0n) is 15.6. The van der Waals surface area contributed by atoms with Gasteiger partial charge in [-0.2, -0.15) is 0 Å². The summed E-state index contributed by atoms with van der Waals surface area (Å²) >= 11 is 0. The second-order valence-corrected chi connectivity index (χ2v) is 6.55. The third kappa shape index (κ3) is 3.60. The molecule has 0 unspecified atom stereocenters. The van der Waals surface area contributed by atoms with Gasteiger partial charge in [0.2, 0.25) is 0 Å². The van der Waals surface area contributed by atoms with E-state index in [1.165, 1.54) is 12.1 Å². The fourth-order valence-electron chi connectivity index (χ4n) is 3.47. The number of hydrogen-bond acceptors (Lipinski definition) is 3. The van der Waals surface area contributed by atoms with Crippen LogP contribution in [0.15, 0.2) is 109 Å². The van der Waals surface area contributed by atoms with Crippen LogP contribution >= 0.6 is 0 Å². The number of ether oxygens (including phenoxy) is 1. The number of hydrogen-bond donors (Lipinski definition) is 0. The largest absolute Gasteiger partial charge is 0.473 e. The van der Waals surface area contributed by atoms with Crippen LogP contribution in [0.25, 0.3) is 0 Å². The quantitative estimate of drug-likeness (QED) is 0.242. The number of benzene rings is 4. The Morgan fingerprint density at radius 2 is 1.17 bits per heavy atom. The summed E-state index contributed by atoms with van der Waals surface area (Å²) in [7, 11) is 0. The van der Waals surface area contributed by atoms with Crippen molar-refractivity contribution in [2.45, 2.75) is 5.60 Å². The Bertz CT molecular complexity index is 1000. The smallest absolute Gasteiger partial charge is 0.281 e. The summed E-state index contributed by atoms with van der Waals surface area (Å²) < 4.78 is 6.63. The first-order chi connectivity index (χ1) is 14.2. The SMILES string of the molecule is O=[N+]([O-])c1[c]ccc(OC(c2ccccc2)(c2ccccc2)c2ccccc2)c1. The van der Waals surface area contributed by atoms with E-state index in [2.05, 4.69) is 6.07 Å². The van der Waals surface area contributed by atoms with Crippen LogP contribution in [0.2, 0.25) is 0 Å². The van der Waals surface area contributed by atoms with E-state index in [-0.39, 0.29) is 5.69 Å². The molecule has 0 bridgehead atoms. The number of nitrogens with zero attached hydrogens (tertiary/aromatic N) is 1. The summed E-state index contributed by atoms with van der Waals surface area (Å²) in [6, 6.07) is 36.9. The standard InChI is InChI=1S/C25H18NO3/c27-26(28)23-17-10-18-24(19-23)29-25(20-11-4-1-5-12-20,21-13-6-2-7-14-21)22-15-8-3-9-16-22/h1-16,18-19H. The molecular formula is C25H18NO3. The molecule has 0 saturated carbocycles. The van der Waals surface area contributed by atoms with Crippen LogP contribution in [0.4, 0.5) is 5.69 Å². The highest BCUT2D eigenvalue weighted by atomic mass is 16.6. The fourth-order valence-corrected chi connectivity index (χ4v) is 3.47. The summed E-state index contributed by atoms with van der Waals surface area (Å²) in [5.41, 5.74) is 1.66. The van der Waals surface area contributed by atoms with E-state index in [9.17, 15) is 10.1 Å². The third-order valence-electron chi connectivity index (χ3n) is 4.77. The molecule has 0 aliphatic rings. The van der Waals surface area contributed by atoms with E-state index in [1.807, 2.05) is 91.0 Å². The van der Waals surface area contributed by atoms with Crippen molar-refractivity contribution in [3.63, 3.8) is 0 Å². The molecule has 1 radical (unpaired) electrons. The number of non-ortho nitro benzene ring substituents is 1. The van der Waals surface area contributed by atoms with Crippen LogP contribution in [0.3, 0.4) is 0 Å². The monoisotopic (exact) mass is 380 g/mol. The Morgan fingerprint density at radius 1 is 0.724 bits per heavy atom. The maximum Gasteiger partial charge on any atom is 0.281 e. The molecule has 0 spiro atoms. The molecule has 0 fully saturated rings. The van der Waals surface area contributed by atoms with Crippen molar-refractivity contribution in [3.8, 4) is 5.75 Å². The Morgan fingerprint density at radius 3 is 1.59 bits per heavy atom. The Labute approximate surface area is 169 Å². The van der Waals surface area contributed by atoms with Gasteiger partial charge in [-0.25, -0.2) is 0 Å². The van der Waals surface area contributed by atoms with Gasteiger partial charge in [0.25, 0.3) is 5.69 Å². The van der Waals surface area contributed by atoms with Crippen LogP contribution < -0.4 is 4.74 Å². The molecule has 4 nitrogen and oxygen atoms in total. The van der Waals surface area contributed by atoms with Gasteiger partial charge in [0.15, 0.2) is 5.60 Å². The number of rotatable bonds is 6. The number of nitro benzene ring substituents is 1. The Balaban J connectivity index is 1.98. The van der Waals surface area contributed by atoms with Crippen LogP contribution in [-0.2, 0) is 5.60 Å². The van der Waals surface area contributed by atoms with Gasteiger partial charge in [0, 0.05) is 16.7 Å². The predicted octanol–water partition coefficient (Wildman–Crippen LogP) is 5.77. The first-order valence-corrected chi connectivity index (χ1v) is 9.22. The molecule has 4 rings (SSSR count). The third-order valence-corrected chi connectivity index (χ3v) is 4.77. The van der Waals surface area contributed by atoms with Crippen molar-refractivity contribution in [1.29, 1.82) is 0 Å². The molecule has 4 aromatic carbocycles. The summed E-state index contributed by atoms with van der Waals surface area (Å²) in [6.07, 6.45) is 0. The summed E-state index contributed by atoms with van der Waals surface area (Å²) in [5, 5.41) is 11.2. The summed E-state index contributed by atoms with van der Waals surface area (Å²) in [4.78, 5) is 10.8. The van der Waals surface area contributed by atoms with Gasteiger partial charge in [0.05, 0.1) is 17.1 Å². The Kier molecular flexibility index (Phi) is 5.08. The lowest BCUT2D eigenvalue weighted by Gasteiger charge is -2.36. The van der Waals surface area contributed by atoms with Gasteiger partial charge in [-0.15, -0.1) is 0 Å². The van der Waals surface area contributed by atoms with Crippen LogP contribution in [-0.4, -0.2) is 4.92 Å². The van der Waals surface area contributed by atoms with Gasteiger partial charge in [0.1, 0.15) is 5.75 Å². The molecule has 0 saturated heterocycles. The second-order valence-electron chi connectivity index (χ2n) is 6.55. The molecule has 0 atom stereocenters. The minimum atomic E-state index is -0.973. The molecular weight excluding hydrogens is 362 g/mol. The van der Waals surface area contributed by atoms with Crippen molar-refractivity contribution < 1.29 is 9.66 Å². The lowest BCUT2D eigenvalue weighted by Crippen LogP contribution is -2.36. The average molecular weight is 380 g/mol. The number of nitro groups is 1. The van der Waals surface area contributed by atoms with E-state index in [4.69, 9.17) is 4.74 Å². The topological polar surface area (TPSA) is 52.4 Å². The maximum atomic E-state index is 11.2. The summed E-state index contributed by atoms with van der Waals surface area (Å²) in [6.45, 7) is 0. The van der Waals surface area contributed by atoms with Gasteiger partial charge < -0.3 is 4.74 Å². The molecule has 0 N–H and O–H groups in total. The normalized spacial score (nSPS) is 11.0. The van der Waals surface area contributed by atoms with E-state index < -0.39 is 10.5 Å². The minimum absolute atomic E-state index is 0.134. The second kappa shape index (κ2) is 7.98. The van der Waals surface area contributed by atoms with Gasteiger partial charge >= 0.3 is 0 Å². The molecule has 0 heterocycles. The van der Waals surface area contributed by atoms with Gasteiger partial charge in [-0.05, 0) is 12.1 Å². The lowest BCUT2D eigenvalue weighted by molar-refractivity contribution is -0.385. The lowest BCUT2D eigenvalue weighted by atomic mass is 9.80. The summed E-state index contributed by atoms with van der Waals surface area (Å²) in [5.74, 6) is 0.395.